The molecular weight excluding hydrogens is 280 g/mol. The van der Waals surface area contributed by atoms with E-state index >= 15 is 0 Å². The number of carboxylic acid groups (broad SMARTS) is 1. The summed E-state index contributed by atoms with van der Waals surface area (Å²) in [5.74, 6) is -3.05. The fourth-order valence-corrected chi connectivity index (χ4v) is 2.51. The molecule has 0 spiro atoms. The Balaban J connectivity index is 2.54. The standard InChI is InChI=1S/C12H20N4O5/c13-9(17)5-16(6-10(14)18)12(21)15-4-7-2-1-3-8(7)11(19)20/h7-8H,1-6H2,(H2,13,17)(H2,14,18)(H,15,21)(H,19,20). The lowest BCUT2D eigenvalue weighted by molar-refractivity contribution is -0.142. The second kappa shape index (κ2) is 7.46. The third-order valence-electron chi connectivity index (χ3n) is 3.47. The molecule has 0 heterocycles. The van der Waals surface area contributed by atoms with Crippen LogP contribution >= 0.6 is 0 Å². The Labute approximate surface area is 121 Å². The van der Waals surface area contributed by atoms with E-state index in [1.165, 1.54) is 0 Å². The molecule has 0 aromatic heterocycles. The van der Waals surface area contributed by atoms with E-state index in [0.29, 0.717) is 12.8 Å². The molecule has 1 aliphatic rings. The lowest BCUT2D eigenvalue weighted by atomic mass is 9.96. The number of urea groups is 1. The van der Waals surface area contributed by atoms with Crippen LogP contribution in [0, 0.1) is 11.8 Å². The van der Waals surface area contributed by atoms with Crippen LogP contribution in [0.1, 0.15) is 19.3 Å². The summed E-state index contributed by atoms with van der Waals surface area (Å²) in [5, 5.41) is 11.6. The molecule has 2 atom stereocenters. The Morgan fingerprint density at radius 1 is 1.10 bits per heavy atom. The summed E-state index contributed by atoms with van der Waals surface area (Å²) in [6.07, 6.45) is 2.09. The molecule has 21 heavy (non-hydrogen) atoms. The molecule has 2 unspecified atom stereocenters. The van der Waals surface area contributed by atoms with Gasteiger partial charge >= 0.3 is 12.0 Å². The molecular formula is C12H20N4O5. The topological polar surface area (TPSA) is 156 Å². The summed E-state index contributed by atoms with van der Waals surface area (Å²) < 4.78 is 0. The summed E-state index contributed by atoms with van der Waals surface area (Å²) in [5.41, 5.74) is 9.99. The van der Waals surface area contributed by atoms with Crippen LogP contribution < -0.4 is 16.8 Å². The molecule has 1 saturated carbocycles. The van der Waals surface area contributed by atoms with E-state index in [1.54, 1.807) is 0 Å². The zero-order chi connectivity index (χ0) is 16.0. The predicted octanol–water partition coefficient (Wildman–Crippen LogP) is -1.53. The number of nitrogens with zero attached hydrogens (tertiary/aromatic N) is 1. The average Bonchev–Trinajstić information content (AvgIpc) is 2.82. The molecule has 0 aromatic rings. The summed E-state index contributed by atoms with van der Waals surface area (Å²) in [6.45, 7) is -0.687. The van der Waals surface area contributed by atoms with Crippen molar-refractivity contribution in [2.45, 2.75) is 19.3 Å². The van der Waals surface area contributed by atoms with Crippen molar-refractivity contribution in [3.63, 3.8) is 0 Å². The number of primary amides is 2. The molecule has 0 bridgehead atoms. The smallest absolute Gasteiger partial charge is 0.318 e. The van der Waals surface area contributed by atoms with Crippen molar-refractivity contribution < 1.29 is 24.3 Å². The van der Waals surface area contributed by atoms with Gasteiger partial charge in [-0.2, -0.15) is 0 Å². The van der Waals surface area contributed by atoms with E-state index in [1.807, 2.05) is 0 Å². The summed E-state index contributed by atoms with van der Waals surface area (Å²) >= 11 is 0. The van der Waals surface area contributed by atoms with Crippen LogP contribution in [0.3, 0.4) is 0 Å². The third-order valence-corrected chi connectivity index (χ3v) is 3.47. The molecule has 118 valence electrons. The number of nitrogens with two attached hydrogens (primary N) is 2. The fraction of sp³-hybridized carbons (Fsp3) is 0.667. The minimum absolute atomic E-state index is 0.157. The third kappa shape index (κ3) is 5.28. The van der Waals surface area contributed by atoms with Gasteiger partial charge in [0.2, 0.25) is 11.8 Å². The van der Waals surface area contributed by atoms with E-state index in [9.17, 15) is 19.2 Å². The summed E-state index contributed by atoms with van der Waals surface area (Å²) in [6, 6.07) is -0.663. The van der Waals surface area contributed by atoms with Crippen LogP contribution in [0.15, 0.2) is 0 Å². The Kier molecular flexibility index (Phi) is 5.94. The number of aliphatic carboxylic acids is 1. The Morgan fingerprint density at radius 3 is 2.14 bits per heavy atom. The molecule has 0 aromatic carbocycles. The summed E-state index contributed by atoms with van der Waals surface area (Å²) in [4.78, 5) is 45.6. The maximum absolute atomic E-state index is 11.9. The molecule has 1 fully saturated rings. The van der Waals surface area contributed by atoms with Gasteiger partial charge in [-0.3, -0.25) is 14.4 Å². The van der Waals surface area contributed by atoms with E-state index in [2.05, 4.69) is 5.32 Å². The van der Waals surface area contributed by atoms with Gasteiger partial charge in [0.1, 0.15) is 13.1 Å². The van der Waals surface area contributed by atoms with Crippen molar-refractivity contribution in [3.05, 3.63) is 0 Å². The number of amides is 4. The van der Waals surface area contributed by atoms with Crippen molar-refractivity contribution in [3.8, 4) is 0 Å². The van der Waals surface area contributed by atoms with Crippen LogP contribution in [0.2, 0.25) is 0 Å². The highest BCUT2D eigenvalue weighted by Crippen LogP contribution is 2.31. The van der Waals surface area contributed by atoms with Gasteiger partial charge < -0.3 is 26.8 Å². The van der Waals surface area contributed by atoms with E-state index in [4.69, 9.17) is 16.6 Å². The van der Waals surface area contributed by atoms with Crippen molar-refractivity contribution in [1.82, 2.24) is 10.2 Å². The largest absolute Gasteiger partial charge is 0.481 e. The van der Waals surface area contributed by atoms with Crippen molar-refractivity contribution in [2.75, 3.05) is 19.6 Å². The average molecular weight is 300 g/mol. The minimum Gasteiger partial charge on any atom is -0.481 e. The van der Waals surface area contributed by atoms with E-state index in [-0.39, 0.29) is 12.5 Å². The minimum atomic E-state index is -0.877. The first kappa shape index (κ1) is 16.7. The molecule has 0 saturated heterocycles. The predicted molar refractivity (Wildman–Crippen MR) is 71.8 cm³/mol. The van der Waals surface area contributed by atoms with Crippen molar-refractivity contribution in [1.29, 1.82) is 0 Å². The number of nitrogens with one attached hydrogen (secondary N) is 1. The lowest BCUT2D eigenvalue weighted by Gasteiger charge is -2.22. The molecule has 0 aliphatic heterocycles. The normalized spacial score (nSPS) is 20.8. The highest BCUT2D eigenvalue weighted by Gasteiger charge is 2.33. The fourth-order valence-electron chi connectivity index (χ4n) is 2.51. The highest BCUT2D eigenvalue weighted by atomic mass is 16.4. The second-order valence-electron chi connectivity index (χ2n) is 5.11. The van der Waals surface area contributed by atoms with Gasteiger partial charge in [-0.25, -0.2) is 4.79 Å². The van der Waals surface area contributed by atoms with Crippen LogP contribution in [-0.4, -0.2) is 53.5 Å². The number of rotatable bonds is 7. The Hall–Kier alpha value is -2.32. The quantitative estimate of drug-likeness (QED) is 0.448. The maximum atomic E-state index is 11.9. The van der Waals surface area contributed by atoms with Crippen molar-refractivity contribution >= 4 is 23.8 Å². The highest BCUT2D eigenvalue weighted by molar-refractivity contribution is 5.87. The molecule has 9 nitrogen and oxygen atoms in total. The number of carbonyl (C=O) groups is 4. The lowest BCUT2D eigenvalue weighted by Crippen LogP contribution is -2.49. The molecule has 0 radical (unpaired) electrons. The first-order valence-electron chi connectivity index (χ1n) is 6.63. The van der Waals surface area contributed by atoms with Crippen LogP contribution in [0.25, 0.3) is 0 Å². The van der Waals surface area contributed by atoms with Gasteiger partial charge in [0.05, 0.1) is 5.92 Å². The Bertz CT molecular complexity index is 423. The van der Waals surface area contributed by atoms with Gasteiger partial charge in [-0.05, 0) is 18.8 Å². The zero-order valence-electron chi connectivity index (χ0n) is 11.6. The number of hydrogen-bond acceptors (Lipinski definition) is 4. The molecule has 4 amide bonds. The van der Waals surface area contributed by atoms with Crippen molar-refractivity contribution in [2.24, 2.45) is 23.3 Å². The Morgan fingerprint density at radius 2 is 1.67 bits per heavy atom. The van der Waals surface area contributed by atoms with Gasteiger partial charge in [0, 0.05) is 6.54 Å². The van der Waals surface area contributed by atoms with Crippen LogP contribution in [0.5, 0.6) is 0 Å². The SMILES string of the molecule is NC(=O)CN(CC(N)=O)C(=O)NCC1CCCC1C(=O)O. The first-order chi connectivity index (χ1) is 9.81. The first-order valence-corrected chi connectivity index (χ1v) is 6.63. The van der Waals surface area contributed by atoms with Gasteiger partial charge in [0.15, 0.2) is 0 Å². The number of hydrogen-bond donors (Lipinski definition) is 4. The summed E-state index contributed by atoms with van der Waals surface area (Å²) in [7, 11) is 0. The monoisotopic (exact) mass is 300 g/mol. The maximum Gasteiger partial charge on any atom is 0.318 e. The van der Waals surface area contributed by atoms with E-state index in [0.717, 1.165) is 11.3 Å². The molecule has 1 rings (SSSR count). The van der Waals surface area contributed by atoms with E-state index < -0.39 is 42.8 Å². The second-order valence-corrected chi connectivity index (χ2v) is 5.11. The van der Waals surface area contributed by atoms with Crippen LogP contribution in [-0.2, 0) is 14.4 Å². The molecule has 6 N–H and O–H groups in total. The number of carboxylic acids is 1. The molecule has 9 heteroatoms. The van der Waals surface area contributed by atoms with Gasteiger partial charge in [0.25, 0.3) is 0 Å². The van der Waals surface area contributed by atoms with Crippen LogP contribution in [0.4, 0.5) is 4.79 Å². The molecule has 1 aliphatic carbocycles. The van der Waals surface area contributed by atoms with Gasteiger partial charge in [-0.15, -0.1) is 0 Å². The zero-order valence-corrected chi connectivity index (χ0v) is 11.6. The van der Waals surface area contributed by atoms with Gasteiger partial charge in [-0.1, -0.05) is 6.42 Å². The number of carbonyl (C=O) groups excluding carboxylic acids is 3.